The number of hydrogen-bond acceptors (Lipinski definition) is 3. The van der Waals surface area contributed by atoms with Crippen molar-refractivity contribution in [3.05, 3.63) is 0 Å². The van der Waals surface area contributed by atoms with Crippen LogP contribution in [0.3, 0.4) is 0 Å². The Balaban J connectivity index is 1.83. The van der Waals surface area contributed by atoms with Gasteiger partial charge in [-0.05, 0) is 45.1 Å². The van der Waals surface area contributed by atoms with E-state index in [1.165, 1.54) is 12.8 Å². The van der Waals surface area contributed by atoms with E-state index in [0.717, 1.165) is 25.3 Å². The second kappa shape index (κ2) is 4.30. The van der Waals surface area contributed by atoms with Crippen LogP contribution in [0, 0.1) is 11.8 Å². The zero-order chi connectivity index (χ0) is 9.97. The summed E-state index contributed by atoms with van der Waals surface area (Å²) in [5, 5.41) is 3.50. The molecular formula is C11H19NO2. The van der Waals surface area contributed by atoms with Crippen LogP contribution in [-0.2, 0) is 9.53 Å². The summed E-state index contributed by atoms with van der Waals surface area (Å²) < 4.78 is 5.06. The lowest BCUT2D eigenvalue weighted by atomic mass is 9.90. The van der Waals surface area contributed by atoms with Gasteiger partial charge in [-0.1, -0.05) is 0 Å². The van der Waals surface area contributed by atoms with Gasteiger partial charge in [0.2, 0.25) is 0 Å². The van der Waals surface area contributed by atoms with Crippen LogP contribution in [0.2, 0.25) is 0 Å². The molecule has 3 nitrogen and oxygen atoms in total. The smallest absolute Gasteiger partial charge is 0.309 e. The highest BCUT2D eigenvalue weighted by Crippen LogP contribution is 2.37. The summed E-state index contributed by atoms with van der Waals surface area (Å²) in [4.78, 5) is 11.5. The van der Waals surface area contributed by atoms with Crippen molar-refractivity contribution in [1.29, 1.82) is 0 Å². The van der Waals surface area contributed by atoms with Gasteiger partial charge in [-0.3, -0.25) is 4.79 Å². The minimum Gasteiger partial charge on any atom is -0.466 e. The monoisotopic (exact) mass is 197 g/mol. The predicted molar refractivity (Wildman–Crippen MR) is 53.9 cm³/mol. The summed E-state index contributed by atoms with van der Waals surface area (Å²) in [5.74, 6) is 1.01. The molecule has 1 aliphatic heterocycles. The molecule has 0 aromatic carbocycles. The van der Waals surface area contributed by atoms with Gasteiger partial charge in [0.25, 0.3) is 0 Å². The van der Waals surface area contributed by atoms with Crippen molar-refractivity contribution >= 4 is 5.97 Å². The Morgan fingerprint density at radius 3 is 2.86 bits per heavy atom. The third-order valence-electron chi connectivity index (χ3n) is 3.25. The molecule has 0 aromatic heterocycles. The summed E-state index contributed by atoms with van der Waals surface area (Å²) in [6, 6.07) is 0.582. The highest BCUT2D eigenvalue weighted by Gasteiger charge is 2.36. The van der Waals surface area contributed by atoms with Crippen molar-refractivity contribution in [3.63, 3.8) is 0 Å². The van der Waals surface area contributed by atoms with Gasteiger partial charge in [0, 0.05) is 6.04 Å². The number of esters is 1. The maximum atomic E-state index is 11.5. The van der Waals surface area contributed by atoms with E-state index in [4.69, 9.17) is 4.74 Å². The van der Waals surface area contributed by atoms with Crippen LogP contribution in [0.4, 0.5) is 0 Å². The van der Waals surface area contributed by atoms with Crippen molar-refractivity contribution in [2.75, 3.05) is 13.2 Å². The van der Waals surface area contributed by atoms with Crippen LogP contribution < -0.4 is 5.32 Å². The quantitative estimate of drug-likeness (QED) is 0.694. The Hall–Kier alpha value is -0.570. The molecule has 80 valence electrons. The Morgan fingerprint density at radius 2 is 2.21 bits per heavy atom. The van der Waals surface area contributed by atoms with E-state index in [-0.39, 0.29) is 11.9 Å². The van der Waals surface area contributed by atoms with E-state index in [9.17, 15) is 4.79 Å². The molecule has 14 heavy (non-hydrogen) atoms. The number of piperidine rings is 1. The number of carbonyl (C=O) groups excluding carboxylic acids is 1. The van der Waals surface area contributed by atoms with Gasteiger partial charge in [0.05, 0.1) is 12.5 Å². The lowest BCUT2D eigenvalue weighted by Gasteiger charge is -2.29. The fraction of sp³-hybridized carbons (Fsp3) is 0.909. The van der Waals surface area contributed by atoms with E-state index in [1.807, 2.05) is 6.92 Å². The number of carbonyl (C=O) groups is 1. The highest BCUT2D eigenvalue weighted by molar-refractivity contribution is 5.72. The van der Waals surface area contributed by atoms with Crippen LogP contribution in [-0.4, -0.2) is 25.2 Å². The number of rotatable bonds is 3. The number of hydrogen-bond donors (Lipinski definition) is 1. The number of nitrogens with one attached hydrogen (secondary N) is 1. The third-order valence-corrected chi connectivity index (χ3v) is 3.25. The minimum absolute atomic E-state index is 0.0136. The second-order valence-corrected chi connectivity index (χ2v) is 4.37. The van der Waals surface area contributed by atoms with Gasteiger partial charge < -0.3 is 10.1 Å². The molecule has 2 atom stereocenters. The normalized spacial score (nSPS) is 32.6. The molecule has 0 aromatic rings. The molecule has 1 aliphatic carbocycles. The average molecular weight is 197 g/mol. The van der Waals surface area contributed by atoms with Crippen LogP contribution in [0.25, 0.3) is 0 Å². The van der Waals surface area contributed by atoms with Gasteiger partial charge in [-0.25, -0.2) is 0 Å². The predicted octanol–water partition coefficient (Wildman–Crippen LogP) is 1.33. The van der Waals surface area contributed by atoms with E-state index in [1.54, 1.807) is 0 Å². The van der Waals surface area contributed by atoms with Gasteiger partial charge >= 0.3 is 5.97 Å². The van der Waals surface area contributed by atoms with Crippen LogP contribution in [0.1, 0.15) is 32.6 Å². The minimum atomic E-state index is 0.0136. The number of ether oxygens (including phenoxy) is 1. The summed E-state index contributed by atoms with van der Waals surface area (Å²) in [6.07, 6.45) is 4.62. The first-order chi connectivity index (χ1) is 6.81. The fourth-order valence-corrected chi connectivity index (χ4v) is 2.28. The molecule has 3 heteroatoms. The second-order valence-electron chi connectivity index (χ2n) is 4.37. The summed E-state index contributed by atoms with van der Waals surface area (Å²) in [7, 11) is 0. The summed E-state index contributed by atoms with van der Waals surface area (Å²) in [6.45, 7) is 3.36. The van der Waals surface area contributed by atoms with E-state index < -0.39 is 0 Å². The molecule has 0 spiro atoms. The van der Waals surface area contributed by atoms with Crippen molar-refractivity contribution in [1.82, 2.24) is 5.32 Å². The van der Waals surface area contributed by atoms with Crippen LogP contribution in [0.15, 0.2) is 0 Å². The molecule has 0 radical (unpaired) electrons. The van der Waals surface area contributed by atoms with Crippen molar-refractivity contribution < 1.29 is 9.53 Å². The highest BCUT2D eigenvalue weighted by atomic mass is 16.5. The van der Waals surface area contributed by atoms with Crippen molar-refractivity contribution in [2.24, 2.45) is 11.8 Å². The van der Waals surface area contributed by atoms with Gasteiger partial charge in [0.1, 0.15) is 0 Å². The molecule has 2 aliphatic rings. The van der Waals surface area contributed by atoms with Crippen LogP contribution >= 0.6 is 0 Å². The largest absolute Gasteiger partial charge is 0.466 e. The fourth-order valence-electron chi connectivity index (χ4n) is 2.28. The van der Waals surface area contributed by atoms with E-state index >= 15 is 0 Å². The zero-order valence-corrected chi connectivity index (χ0v) is 8.79. The molecule has 1 saturated carbocycles. The SMILES string of the molecule is CCOC(=O)C1CCNC(C2CC2)C1. The Kier molecular flexibility index (Phi) is 3.06. The first kappa shape index (κ1) is 9.97. The Labute approximate surface area is 85.2 Å². The maximum absolute atomic E-state index is 11.5. The molecular weight excluding hydrogens is 178 g/mol. The maximum Gasteiger partial charge on any atom is 0.309 e. The molecule has 0 amide bonds. The Morgan fingerprint density at radius 1 is 1.43 bits per heavy atom. The first-order valence-electron chi connectivity index (χ1n) is 5.71. The average Bonchev–Trinajstić information content (AvgIpc) is 3.02. The van der Waals surface area contributed by atoms with Gasteiger partial charge in [-0.15, -0.1) is 0 Å². The lowest BCUT2D eigenvalue weighted by Crippen LogP contribution is -2.42. The molecule has 1 heterocycles. The van der Waals surface area contributed by atoms with Crippen molar-refractivity contribution in [2.45, 2.75) is 38.6 Å². The lowest BCUT2D eigenvalue weighted by molar-refractivity contribution is -0.149. The van der Waals surface area contributed by atoms with E-state index in [0.29, 0.717) is 12.6 Å². The topological polar surface area (TPSA) is 38.3 Å². The third kappa shape index (κ3) is 2.27. The van der Waals surface area contributed by atoms with E-state index in [2.05, 4.69) is 5.32 Å². The zero-order valence-electron chi connectivity index (χ0n) is 8.79. The summed E-state index contributed by atoms with van der Waals surface area (Å²) in [5.41, 5.74) is 0. The Bertz CT molecular complexity index is 213. The van der Waals surface area contributed by atoms with Crippen molar-refractivity contribution in [3.8, 4) is 0 Å². The molecule has 2 rings (SSSR count). The molecule has 0 bridgehead atoms. The summed E-state index contributed by atoms with van der Waals surface area (Å²) >= 11 is 0. The molecule has 1 saturated heterocycles. The molecule has 2 unspecified atom stereocenters. The molecule has 1 N–H and O–H groups in total. The van der Waals surface area contributed by atoms with Gasteiger partial charge in [0.15, 0.2) is 0 Å². The van der Waals surface area contributed by atoms with Crippen LogP contribution in [0.5, 0.6) is 0 Å². The molecule has 2 fully saturated rings. The first-order valence-corrected chi connectivity index (χ1v) is 5.71. The standard InChI is InChI=1S/C11H19NO2/c1-2-14-11(13)9-5-6-12-10(7-9)8-3-4-8/h8-10,12H,2-7H2,1H3. The van der Waals surface area contributed by atoms with Gasteiger partial charge in [-0.2, -0.15) is 0 Å².